The van der Waals surface area contributed by atoms with Gasteiger partial charge in [0.05, 0.1) is 5.56 Å². The van der Waals surface area contributed by atoms with E-state index in [1.54, 1.807) is 18.2 Å². The van der Waals surface area contributed by atoms with Gasteiger partial charge in [-0.05, 0) is 29.7 Å². The molecule has 1 heterocycles. The van der Waals surface area contributed by atoms with Gasteiger partial charge in [0.1, 0.15) is 5.75 Å². The second-order valence-electron chi connectivity index (χ2n) is 5.03. The van der Waals surface area contributed by atoms with E-state index >= 15 is 0 Å². The van der Waals surface area contributed by atoms with E-state index in [9.17, 15) is 18.0 Å². The Morgan fingerprint density at radius 3 is 2.62 bits per heavy atom. The highest BCUT2D eigenvalue weighted by Gasteiger charge is 2.24. The molecule has 1 amide bonds. The van der Waals surface area contributed by atoms with Crippen molar-refractivity contribution in [3.8, 4) is 0 Å². The number of hydrogen-bond donors (Lipinski definition) is 1. The maximum absolute atomic E-state index is 12.0. The van der Waals surface area contributed by atoms with E-state index in [1.165, 1.54) is 11.8 Å². The third kappa shape index (κ3) is 3.60. The molecule has 7 heteroatoms. The minimum absolute atomic E-state index is 0.0632. The maximum Gasteiger partial charge on any atom is 0.335 e. The zero-order chi connectivity index (χ0) is 15.6. The molecular formula is C14H17NO5S. The third-order valence-corrected chi connectivity index (χ3v) is 5.17. The highest BCUT2D eigenvalue weighted by atomic mass is 32.2. The van der Waals surface area contributed by atoms with Gasteiger partial charge in [-0.3, -0.25) is 4.79 Å². The Morgan fingerprint density at radius 1 is 1.29 bits per heavy atom. The standard InChI is InChI=1S/C14H17NO5S/c1-2-21(19,20)9-13(16)15-6-5-10-3-4-11(14(17)18)7-12(10)8-15/h3-4,7H,2,5-6,8-9H2,1H3,(H,17,18). The number of rotatable bonds is 4. The summed E-state index contributed by atoms with van der Waals surface area (Å²) in [6.45, 7) is 2.22. The quantitative estimate of drug-likeness (QED) is 0.884. The fourth-order valence-corrected chi connectivity index (χ4v) is 3.05. The summed E-state index contributed by atoms with van der Waals surface area (Å²) in [5, 5.41) is 8.99. The summed E-state index contributed by atoms with van der Waals surface area (Å²) in [6.07, 6.45) is 0.604. The first-order valence-electron chi connectivity index (χ1n) is 6.65. The predicted octanol–water partition coefficient (Wildman–Crippen LogP) is 0.704. The highest BCUT2D eigenvalue weighted by molar-refractivity contribution is 7.92. The minimum Gasteiger partial charge on any atom is -0.478 e. The molecule has 1 aliphatic heterocycles. The summed E-state index contributed by atoms with van der Waals surface area (Å²) in [7, 11) is -3.35. The Bertz CT molecular complexity index is 681. The van der Waals surface area contributed by atoms with E-state index in [0.717, 1.165) is 11.1 Å². The number of nitrogens with zero attached hydrogens (tertiary/aromatic N) is 1. The molecule has 0 radical (unpaired) electrons. The average Bonchev–Trinajstić information content (AvgIpc) is 2.45. The second kappa shape index (κ2) is 5.85. The first-order chi connectivity index (χ1) is 9.82. The lowest BCUT2D eigenvalue weighted by atomic mass is 9.97. The zero-order valence-corrected chi connectivity index (χ0v) is 12.5. The molecule has 0 unspecified atom stereocenters. The van der Waals surface area contributed by atoms with Crippen molar-refractivity contribution in [2.45, 2.75) is 19.9 Å². The number of aromatic carboxylic acids is 1. The highest BCUT2D eigenvalue weighted by Crippen LogP contribution is 2.21. The van der Waals surface area contributed by atoms with Crippen LogP contribution < -0.4 is 0 Å². The fraction of sp³-hybridized carbons (Fsp3) is 0.429. The number of carboxylic acids is 1. The topological polar surface area (TPSA) is 91.8 Å². The van der Waals surface area contributed by atoms with Crippen molar-refractivity contribution in [3.05, 3.63) is 34.9 Å². The van der Waals surface area contributed by atoms with Gasteiger partial charge in [-0.15, -0.1) is 0 Å². The van der Waals surface area contributed by atoms with Crippen LogP contribution in [0.2, 0.25) is 0 Å². The lowest BCUT2D eigenvalue weighted by Crippen LogP contribution is -2.39. The smallest absolute Gasteiger partial charge is 0.335 e. The number of hydrogen-bond acceptors (Lipinski definition) is 4. The molecule has 21 heavy (non-hydrogen) atoms. The van der Waals surface area contributed by atoms with Gasteiger partial charge < -0.3 is 10.0 Å². The lowest BCUT2D eigenvalue weighted by Gasteiger charge is -2.29. The number of fused-ring (bicyclic) bond motifs is 1. The van der Waals surface area contributed by atoms with Crippen molar-refractivity contribution in [1.82, 2.24) is 4.90 Å². The number of benzene rings is 1. The molecular weight excluding hydrogens is 294 g/mol. The second-order valence-corrected chi connectivity index (χ2v) is 7.38. The Balaban J connectivity index is 2.16. The number of carbonyl (C=O) groups is 2. The van der Waals surface area contributed by atoms with Crippen molar-refractivity contribution < 1.29 is 23.1 Å². The third-order valence-electron chi connectivity index (χ3n) is 3.60. The average molecular weight is 311 g/mol. The normalized spacial score (nSPS) is 14.6. The molecule has 1 N–H and O–H groups in total. The van der Waals surface area contributed by atoms with Crippen molar-refractivity contribution in [3.63, 3.8) is 0 Å². The van der Waals surface area contributed by atoms with Crippen LogP contribution in [0.4, 0.5) is 0 Å². The van der Waals surface area contributed by atoms with Crippen LogP contribution in [0.5, 0.6) is 0 Å². The molecule has 114 valence electrons. The summed E-state index contributed by atoms with van der Waals surface area (Å²) in [4.78, 5) is 24.5. The van der Waals surface area contributed by atoms with Gasteiger partial charge in [0.15, 0.2) is 9.84 Å². The summed E-state index contributed by atoms with van der Waals surface area (Å²) >= 11 is 0. The fourth-order valence-electron chi connectivity index (χ4n) is 2.28. The summed E-state index contributed by atoms with van der Waals surface area (Å²) in [5.41, 5.74) is 1.94. The molecule has 0 saturated heterocycles. The SMILES string of the molecule is CCS(=O)(=O)CC(=O)N1CCc2ccc(C(=O)O)cc2C1. The van der Waals surface area contributed by atoms with Crippen molar-refractivity contribution in [2.24, 2.45) is 0 Å². The molecule has 1 aliphatic rings. The van der Waals surface area contributed by atoms with Gasteiger partial charge in [-0.2, -0.15) is 0 Å². The summed E-state index contributed by atoms with van der Waals surface area (Å²) in [5.74, 6) is -2.00. The molecule has 0 saturated carbocycles. The number of amides is 1. The molecule has 0 aromatic heterocycles. The number of carbonyl (C=O) groups excluding carboxylic acids is 1. The molecule has 0 atom stereocenters. The van der Waals surface area contributed by atoms with Crippen LogP contribution in [0.1, 0.15) is 28.4 Å². The van der Waals surface area contributed by atoms with Gasteiger partial charge in [-0.1, -0.05) is 13.0 Å². The Kier molecular flexibility index (Phi) is 4.32. The summed E-state index contributed by atoms with van der Waals surface area (Å²) in [6, 6.07) is 4.84. The predicted molar refractivity (Wildman–Crippen MR) is 76.9 cm³/mol. The molecule has 2 rings (SSSR count). The Morgan fingerprint density at radius 2 is 2.00 bits per heavy atom. The van der Waals surface area contributed by atoms with Gasteiger partial charge in [0.25, 0.3) is 0 Å². The van der Waals surface area contributed by atoms with Crippen molar-refractivity contribution >= 4 is 21.7 Å². The zero-order valence-electron chi connectivity index (χ0n) is 11.7. The van der Waals surface area contributed by atoms with Gasteiger partial charge in [0.2, 0.25) is 5.91 Å². The molecule has 1 aromatic rings. The van der Waals surface area contributed by atoms with E-state index in [4.69, 9.17) is 5.11 Å². The van der Waals surface area contributed by atoms with Crippen LogP contribution in [0.15, 0.2) is 18.2 Å². The molecule has 0 spiro atoms. The first kappa shape index (κ1) is 15.5. The van der Waals surface area contributed by atoms with Crippen LogP contribution >= 0.6 is 0 Å². The van der Waals surface area contributed by atoms with Crippen LogP contribution in [-0.4, -0.2) is 48.4 Å². The summed E-state index contributed by atoms with van der Waals surface area (Å²) < 4.78 is 23.0. The van der Waals surface area contributed by atoms with Crippen LogP contribution in [0.25, 0.3) is 0 Å². The van der Waals surface area contributed by atoms with Crippen molar-refractivity contribution in [1.29, 1.82) is 0 Å². The number of sulfone groups is 1. The van der Waals surface area contributed by atoms with Gasteiger partial charge in [-0.25, -0.2) is 13.2 Å². The van der Waals surface area contributed by atoms with E-state index in [0.29, 0.717) is 13.0 Å². The van der Waals surface area contributed by atoms with Crippen LogP contribution in [0, 0.1) is 0 Å². The molecule has 0 fully saturated rings. The van der Waals surface area contributed by atoms with Gasteiger partial charge >= 0.3 is 5.97 Å². The van der Waals surface area contributed by atoms with E-state index in [2.05, 4.69) is 0 Å². The molecule has 0 aliphatic carbocycles. The molecule has 6 nitrogen and oxygen atoms in total. The van der Waals surface area contributed by atoms with Gasteiger partial charge in [0, 0.05) is 18.8 Å². The van der Waals surface area contributed by atoms with Crippen LogP contribution in [0.3, 0.4) is 0 Å². The van der Waals surface area contributed by atoms with E-state index in [1.807, 2.05) is 0 Å². The Hall–Kier alpha value is -1.89. The monoisotopic (exact) mass is 311 g/mol. The molecule has 0 bridgehead atoms. The molecule has 1 aromatic carbocycles. The first-order valence-corrected chi connectivity index (χ1v) is 8.48. The minimum atomic E-state index is -3.35. The van der Waals surface area contributed by atoms with Crippen molar-refractivity contribution in [2.75, 3.05) is 18.1 Å². The van der Waals surface area contributed by atoms with E-state index < -0.39 is 27.5 Å². The van der Waals surface area contributed by atoms with Crippen LogP contribution in [-0.2, 0) is 27.6 Å². The number of carboxylic acid groups (broad SMARTS) is 1. The largest absolute Gasteiger partial charge is 0.478 e. The van der Waals surface area contributed by atoms with E-state index in [-0.39, 0.29) is 17.9 Å². The lowest BCUT2D eigenvalue weighted by molar-refractivity contribution is -0.129. The maximum atomic E-state index is 12.0. The Labute approximate surface area is 123 Å².